The van der Waals surface area contributed by atoms with Crippen molar-refractivity contribution in [3.05, 3.63) is 76.8 Å². The Kier molecular flexibility index (Phi) is 5.91. The molecule has 0 aliphatic heterocycles. The van der Waals surface area contributed by atoms with Crippen LogP contribution in [-0.2, 0) is 16.6 Å². The minimum absolute atomic E-state index is 0.0830. The van der Waals surface area contributed by atoms with Crippen LogP contribution in [0.15, 0.2) is 70.6 Å². The molecule has 1 heterocycles. The number of hydrogen-bond donors (Lipinski definition) is 1. The fraction of sp³-hybridized carbons (Fsp3) is 0.200. The number of ether oxygens (including phenoxy) is 1. The third-order valence-corrected chi connectivity index (χ3v) is 5.72. The first-order chi connectivity index (χ1) is 13.4. The van der Waals surface area contributed by atoms with E-state index in [2.05, 4.69) is 9.71 Å². The molecule has 0 spiro atoms. The van der Waals surface area contributed by atoms with Crippen molar-refractivity contribution in [2.75, 3.05) is 13.7 Å². The molecule has 0 unspecified atom stereocenters. The van der Waals surface area contributed by atoms with Crippen LogP contribution in [0.3, 0.4) is 0 Å². The first-order valence-corrected chi connectivity index (χ1v) is 10.1. The van der Waals surface area contributed by atoms with Crippen LogP contribution < -0.4 is 15.0 Å². The molecule has 0 aliphatic rings. The second-order valence-electron chi connectivity index (χ2n) is 6.25. The van der Waals surface area contributed by atoms with Gasteiger partial charge in [0.25, 0.3) is 5.56 Å². The summed E-state index contributed by atoms with van der Waals surface area (Å²) in [6.45, 7) is 2.15. The van der Waals surface area contributed by atoms with Gasteiger partial charge in [-0.2, -0.15) is 0 Å². The van der Waals surface area contributed by atoms with E-state index in [1.165, 1.54) is 17.0 Å². The summed E-state index contributed by atoms with van der Waals surface area (Å²) in [7, 11) is -2.03. The molecule has 0 amide bonds. The Morgan fingerprint density at radius 3 is 2.36 bits per heavy atom. The largest absolute Gasteiger partial charge is 0.497 e. The number of aromatic nitrogens is 2. The van der Waals surface area contributed by atoms with Crippen molar-refractivity contribution in [2.24, 2.45) is 0 Å². The monoisotopic (exact) mass is 399 g/mol. The van der Waals surface area contributed by atoms with E-state index in [4.69, 9.17) is 4.74 Å². The second kappa shape index (κ2) is 8.37. The van der Waals surface area contributed by atoms with Crippen molar-refractivity contribution in [3.8, 4) is 17.0 Å². The van der Waals surface area contributed by atoms with Crippen LogP contribution in [0.2, 0.25) is 0 Å². The molecule has 0 fully saturated rings. The average Bonchev–Trinajstić information content (AvgIpc) is 2.69. The number of sulfonamides is 1. The van der Waals surface area contributed by atoms with E-state index < -0.39 is 10.0 Å². The molecular weight excluding hydrogens is 378 g/mol. The summed E-state index contributed by atoms with van der Waals surface area (Å²) in [5.74, 6) is 0.720. The molecule has 0 saturated carbocycles. The molecule has 8 heteroatoms. The van der Waals surface area contributed by atoms with Crippen molar-refractivity contribution in [1.82, 2.24) is 14.3 Å². The molecule has 2 aromatic carbocycles. The second-order valence-corrected chi connectivity index (χ2v) is 8.01. The molecule has 0 aliphatic carbocycles. The van der Waals surface area contributed by atoms with Crippen molar-refractivity contribution < 1.29 is 13.2 Å². The first-order valence-electron chi connectivity index (χ1n) is 8.66. The predicted molar refractivity (Wildman–Crippen MR) is 107 cm³/mol. The van der Waals surface area contributed by atoms with Gasteiger partial charge in [0.05, 0.1) is 24.0 Å². The van der Waals surface area contributed by atoms with E-state index in [0.717, 1.165) is 16.9 Å². The van der Waals surface area contributed by atoms with Crippen molar-refractivity contribution in [1.29, 1.82) is 0 Å². The molecule has 1 aromatic heterocycles. The summed E-state index contributed by atoms with van der Waals surface area (Å²) >= 11 is 0. The maximum atomic E-state index is 12.3. The minimum atomic E-state index is -3.62. The highest BCUT2D eigenvalue weighted by Crippen LogP contribution is 2.19. The molecule has 1 N–H and O–H groups in total. The zero-order valence-electron chi connectivity index (χ0n) is 15.6. The van der Waals surface area contributed by atoms with Crippen LogP contribution in [0.25, 0.3) is 11.3 Å². The summed E-state index contributed by atoms with van der Waals surface area (Å²) in [4.78, 5) is 16.8. The lowest BCUT2D eigenvalue weighted by Crippen LogP contribution is -2.30. The Hall–Kier alpha value is -2.97. The SMILES string of the molecule is COc1ccc(-c2cc(=O)n(CCNS(=O)(=O)c3ccc(C)cc3)cn2)cc1. The number of methoxy groups -OCH3 is 1. The Balaban J connectivity index is 1.66. The van der Waals surface area contributed by atoms with Gasteiger partial charge in [0.1, 0.15) is 5.75 Å². The third kappa shape index (κ3) is 4.65. The van der Waals surface area contributed by atoms with Gasteiger partial charge in [-0.1, -0.05) is 17.7 Å². The Bertz CT molecular complexity index is 1110. The van der Waals surface area contributed by atoms with E-state index in [9.17, 15) is 13.2 Å². The normalized spacial score (nSPS) is 11.4. The Morgan fingerprint density at radius 1 is 1.07 bits per heavy atom. The van der Waals surface area contributed by atoms with Crippen molar-refractivity contribution in [3.63, 3.8) is 0 Å². The van der Waals surface area contributed by atoms with Gasteiger partial charge in [0.2, 0.25) is 10.0 Å². The summed E-state index contributed by atoms with van der Waals surface area (Å²) in [6.07, 6.45) is 1.42. The molecule has 0 atom stereocenters. The molecule has 28 heavy (non-hydrogen) atoms. The molecular formula is C20H21N3O4S. The number of nitrogens with one attached hydrogen (secondary N) is 1. The van der Waals surface area contributed by atoms with Crippen LogP contribution in [0.5, 0.6) is 5.75 Å². The highest BCUT2D eigenvalue weighted by Gasteiger charge is 2.13. The molecule has 0 radical (unpaired) electrons. The highest BCUT2D eigenvalue weighted by atomic mass is 32.2. The van der Waals surface area contributed by atoms with E-state index in [1.54, 1.807) is 43.5 Å². The van der Waals surface area contributed by atoms with E-state index in [-0.39, 0.29) is 23.5 Å². The van der Waals surface area contributed by atoms with Crippen molar-refractivity contribution >= 4 is 10.0 Å². The van der Waals surface area contributed by atoms with Gasteiger partial charge in [-0.25, -0.2) is 18.1 Å². The molecule has 3 aromatic rings. The maximum Gasteiger partial charge on any atom is 0.253 e. The van der Waals surface area contributed by atoms with Gasteiger partial charge >= 0.3 is 0 Å². The molecule has 146 valence electrons. The minimum Gasteiger partial charge on any atom is -0.497 e. The Labute approximate surface area is 163 Å². The number of aryl methyl sites for hydroxylation is 1. The number of benzene rings is 2. The van der Waals surface area contributed by atoms with Gasteiger partial charge in [-0.05, 0) is 43.3 Å². The predicted octanol–water partition coefficient (Wildman–Crippen LogP) is 2.21. The first kappa shape index (κ1) is 19.8. The van der Waals surface area contributed by atoms with Crippen LogP contribution in [0.4, 0.5) is 0 Å². The van der Waals surface area contributed by atoms with E-state index >= 15 is 0 Å². The van der Waals surface area contributed by atoms with Gasteiger partial charge < -0.3 is 4.74 Å². The lowest BCUT2D eigenvalue weighted by atomic mass is 10.1. The van der Waals surface area contributed by atoms with Crippen LogP contribution in [0, 0.1) is 6.92 Å². The van der Waals surface area contributed by atoms with Gasteiger partial charge in [-0.15, -0.1) is 0 Å². The topological polar surface area (TPSA) is 90.3 Å². The van der Waals surface area contributed by atoms with E-state index in [0.29, 0.717) is 5.69 Å². The molecule has 0 saturated heterocycles. The summed E-state index contributed by atoms with van der Waals surface area (Å²) in [6, 6.07) is 15.2. The lowest BCUT2D eigenvalue weighted by Gasteiger charge is -2.09. The van der Waals surface area contributed by atoms with Crippen LogP contribution in [0.1, 0.15) is 5.56 Å². The van der Waals surface area contributed by atoms with Gasteiger partial charge in [0, 0.05) is 24.7 Å². The highest BCUT2D eigenvalue weighted by molar-refractivity contribution is 7.89. The van der Waals surface area contributed by atoms with Crippen LogP contribution in [-0.4, -0.2) is 31.6 Å². The number of hydrogen-bond acceptors (Lipinski definition) is 5. The quantitative estimate of drug-likeness (QED) is 0.658. The average molecular weight is 399 g/mol. The summed E-state index contributed by atoms with van der Waals surface area (Å²) in [5, 5.41) is 0. The smallest absolute Gasteiger partial charge is 0.253 e. The summed E-state index contributed by atoms with van der Waals surface area (Å²) < 4.78 is 33.6. The zero-order chi connectivity index (χ0) is 20.1. The van der Waals surface area contributed by atoms with Crippen LogP contribution >= 0.6 is 0 Å². The summed E-state index contributed by atoms with van der Waals surface area (Å²) in [5.41, 5.74) is 2.07. The molecule has 7 nitrogen and oxygen atoms in total. The van der Waals surface area contributed by atoms with Crippen molar-refractivity contribution in [2.45, 2.75) is 18.4 Å². The van der Waals surface area contributed by atoms with Gasteiger partial charge in [0.15, 0.2) is 0 Å². The Morgan fingerprint density at radius 2 is 1.75 bits per heavy atom. The standard InChI is InChI=1S/C20H21N3O4S/c1-15-3-9-18(10-4-15)28(25,26)22-11-12-23-14-21-19(13-20(23)24)16-5-7-17(27-2)8-6-16/h3-10,13-14,22H,11-12H2,1-2H3. The maximum absolute atomic E-state index is 12.3. The van der Waals surface area contributed by atoms with E-state index in [1.807, 2.05) is 19.1 Å². The number of nitrogens with zero attached hydrogens (tertiary/aromatic N) is 2. The lowest BCUT2D eigenvalue weighted by molar-refractivity contribution is 0.415. The molecule has 0 bridgehead atoms. The molecule has 3 rings (SSSR count). The fourth-order valence-corrected chi connectivity index (χ4v) is 3.64. The fourth-order valence-electron chi connectivity index (χ4n) is 2.61. The van der Waals surface area contributed by atoms with Gasteiger partial charge in [-0.3, -0.25) is 9.36 Å². The number of rotatable bonds is 7. The zero-order valence-corrected chi connectivity index (χ0v) is 16.4. The third-order valence-electron chi connectivity index (χ3n) is 4.24.